The van der Waals surface area contributed by atoms with Gasteiger partial charge in [0, 0.05) is 29.6 Å². The summed E-state index contributed by atoms with van der Waals surface area (Å²) in [7, 11) is 0. The first-order chi connectivity index (χ1) is 13.6. The molecule has 2 aromatic heterocycles. The second kappa shape index (κ2) is 8.06. The van der Waals surface area contributed by atoms with Crippen LogP contribution in [0.25, 0.3) is 11.4 Å². The number of nitrogens with zero attached hydrogens (tertiary/aromatic N) is 3. The van der Waals surface area contributed by atoms with Gasteiger partial charge in [0.25, 0.3) is 0 Å². The van der Waals surface area contributed by atoms with Crippen LogP contribution in [0.2, 0.25) is 5.02 Å². The second-order valence-corrected chi connectivity index (χ2v) is 7.34. The van der Waals surface area contributed by atoms with Gasteiger partial charge in [-0.15, -0.1) is 0 Å². The van der Waals surface area contributed by atoms with Crippen LogP contribution in [0.5, 0.6) is 0 Å². The van der Waals surface area contributed by atoms with E-state index in [1.54, 1.807) is 12.1 Å². The number of hydrogen-bond acceptors (Lipinski definition) is 6. The Hall–Kier alpha value is -2.80. The van der Waals surface area contributed by atoms with Crippen molar-refractivity contribution >= 4 is 23.5 Å². The van der Waals surface area contributed by atoms with E-state index in [1.165, 1.54) is 0 Å². The highest BCUT2D eigenvalue weighted by molar-refractivity contribution is 6.30. The first-order valence-electron chi connectivity index (χ1n) is 9.26. The summed E-state index contributed by atoms with van der Waals surface area (Å²) in [5, 5.41) is 7.67. The van der Waals surface area contributed by atoms with Crippen molar-refractivity contribution < 1.29 is 13.7 Å². The minimum Gasteiger partial charge on any atom is -0.465 e. The molecule has 146 valence electrons. The zero-order valence-electron chi connectivity index (χ0n) is 15.5. The monoisotopic (exact) mass is 400 g/mol. The van der Waals surface area contributed by atoms with E-state index < -0.39 is 0 Å². The van der Waals surface area contributed by atoms with Crippen LogP contribution in [0.4, 0.5) is 6.01 Å². The molecule has 0 radical (unpaired) electrons. The zero-order valence-corrected chi connectivity index (χ0v) is 16.3. The number of nitrogens with one attached hydrogen (secondary N) is 1. The van der Waals surface area contributed by atoms with Crippen molar-refractivity contribution in [3.8, 4) is 11.4 Å². The van der Waals surface area contributed by atoms with Crippen molar-refractivity contribution in [2.45, 2.75) is 26.3 Å². The SMILES string of the molecule is Cc1ccc(CNC(=O)C2CCN(c3nc(-c4ccc(Cl)cc4)no3)CC2)o1. The van der Waals surface area contributed by atoms with Gasteiger partial charge in [-0.1, -0.05) is 16.8 Å². The van der Waals surface area contributed by atoms with E-state index in [-0.39, 0.29) is 11.8 Å². The van der Waals surface area contributed by atoms with Crippen molar-refractivity contribution in [2.24, 2.45) is 5.92 Å². The predicted octanol–water partition coefficient (Wildman–Crippen LogP) is 3.82. The summed E-state index contributed by atoms with van der Waals surface area (Å²) in [5.41, 5.74) is 0.849. The van der Waals surface area contributed by atoms with Gasteiger partial charge in [-0.2, -0.15) is 4.98 Å². The zero-order chi connectivity index (χ0) is 19.5. The van der Waals surface area contributed by atoms with Gasteiger partial charge in [-0.3, -0.25) is 4.79 Å². The number of carbonyl (C=O) groups excluding carboxylic acids is 1. The summed E-state index contributed by atoms with van der Waals surface area (Å²) in [6.07, 6.45) is 1.48. The number of furan rings is 1. The Bertz CT molecular complexity index is 943. The Labute approximate surface area is 167 Å². The maximum atomic E-state index is 12.4. The third-order valence-corrected chi connectivity index (χ3v) is 5.14. The van der Waals surface area contributed by atoms with Gasteiger partial charge < -0.3 is 19.2 Å². The molecule has 1 N–H and O–H groups in total. The average molecular weight is 401 g/mol. The Morgan fingerprint density at radius 2 is 1.96 bits per heavy atom. The van der Waals surface area contributed by atoms with Gasteiger partial charge >= 0.3 is 6.01 Å². The largest absolute Gasteiger partial charge is 0.465 e. The number of amides is 1. The fourth-order valence-corrected chi connectivity index (χ4v) is 3.42. The summed E-state index contributed by atoms with van der Waals surface area (Å²) >= 11 is 5.91. The molecule has 1 aliphatic rings. The maximum absolute atomic E-state index is 12.4. The Balaban J connectivity index is 1.30. The van der Waals surface area contributed by atoms with Gasteiger partial charge in [0.2, 0.25) is 11.7 Å². The molecule has 7 nitrogen and oxygen atoms in total. The van der Waals surface area contributed by atoms with Crippen LogP contribution in [0.3, 0.4) is 0 Å². The molecule has 1 amide bonds. The lowest BCUT2D eigenvalue weighted by Crippen LogP contribution is -2.40. The van der Waals surface area contributed by atoms with E-state index in [0.717, 1.165) is 29.9 Å². The smallest absolute Gasteiger partial charge is 0.324 e. The van der Waals surface area contributed by atoms with E-state index in [9.17, 15) is 4.79 Å². The molecular formula is C20H21ClN4O3. The number of carbonyl (C=O) groups is 1. The normalized spacial score (nSPS) is 15.0. The molecule has 1 fully saturated rings. The van der Waals surface area contributed by atoms with E-state index in [4.69, 9.17) is 20.5 Å². The van der Waals surface area contributed by atoms with Crippen LogP contribution in [0, 0.1) is 12.8 Å². The number of rotatable bonds is 5. The summed E-state index contributed by atoms with van der Waals surface area (Å²) in [6, 6.07) is 11.5. The van der Waals surface area contributed by atoms with Gasteiger partial charge in [0.05, 0.1) is 6.54 Å². The molecule has 4 rings (SSSR count). The highest BCUT2D eigenvalue weighted by Gasteiger charge is 2.27. The lowest BCUT2D eigenvalue weighted by atomic mass is 9.96. The van der Waals surface area contributed by atoms with Gasteiger partial charge in [-0.25, -0.2) is 0 Å². The van der Waals surface area contributed by atoms with Crippen LogP contribution in [-0.2, 0) is 11.3 Å². The summed E-state index contributed by atoms with van der Waals surface area (Å²) in [4.78, 5) is 18.9. The van der Waals surface area contributed by atoms with Crippen molar-refractivity contribution in [1.29, 1.82) is 0 Å². The lowest BCUT2D eigenvalue weighted by molar-refractivity contribution is -0.125. The Kier molecular flexibility index (Phi) is 5.34. The topological polar surface area (TPSA) is 84.4 Å². The molecule has 0 spiro atoms. The first-order valence-corrected chi connectivity index (χ1v) is 9.64. The van der Waals surface area contributed by atoms with E-state index >= 15 is 0 Å². The van der Waals surface area contributed by atoms with Crippen LogP contribution < -0.4 is 10.2 Å². The number of hydrogen-bond donors (Lipinski definition) is 1. The summed E-state index contributed by atoms with van der Waals surface area (Å²) in [5.74, 6) is 2.17. The van der Waals surface area contributed by atoms with Gasteiger partial charge in [0.1, 0.15) is 11.5 Å². The highest BCUT2D eigenvalue weighted by Crippen LogP contribution is 2.25. The molecule has 28 heavy (non-hydrogen) atoms. The van der Waals surface area contributed by atoms with Gasteiger partial charge in [0.15, 0.2) is 0 Å². The van der Waals surface area contributed by atoms with Crippen LogP contribution in [-0.4, -0.2) is 29.1 Å². The number of aromatic nitrogens is 2. The summed E-state index contributed by atoms with van der Waals surface area (Å²) < 4.78 is 10.9. The molecular weight excluding hydrogens is 380 g/mol. The second-order valence-electron chi connectivity index (χ2n) is 6.90. The van der Waals surface area contributed by atoms with E-state index in [0.29, 0.717) is 36.5 Å². The Morgan fingerprint density at radius 3 is 2.64 bits per heavy atom. The minimum absolute atomic E-state index is 0.0223. The fraction of sp³-hybridized carbons (Fsp3) is 0.350. The molecule has 0 aliphatic carbocycles. The third kappa shape index (κ3) is 4.20. The molecule has 0 bridgehead atoms. The molecule has 3 heterocycles. The van der Waals surface area contributed by atoms with E-state index in [1.807, 2.05) is 36.1 Å². The van der Waals surface area contributed by atoms with Crippen molar-refractivity contribution in [3.63, 3.8) is 0 Å². The molecule has 1 saturated heterocycles. The number of piperidine rings is 1. The maximum Gasteiger partial charge on any atom is 0.324 e. The molecule has 1 aliphatic heterocycles. The van der Waals surface area contributed by atoms with Crippen molar-refractivity contribution in [3.05, 3.63) is 52.9 Å². The van der Waals surface area contributed by atoms with Gasteiger partial charge in [-0.05, 0) is 56.2 Å². The molecule has 0 unspecified atom stereocenters. The number of halogens is 1. The average Bonchev–Trinajstić information content (AvgIpc) is 3.36. The lowest BCUT2D eigenvalue weighted by Gasteiger charge is -2.29. The molecule has 0 saturated carbocycles. The Morgan fingerprint density at radius 1 is 1.21 bits per heavy atom. The minimum atomic E-state index is -0.0223. The van der Waals surface area contributed by atoms with E-state index in [2.05, 4.69) is 15.5 Å². The predicted molar refractivity (Wildman–Crippen MR) is 105 cm³/mol. The standard InChI is InChI=1S/C20H21ClN4O3/c1-13-2-7-17(27-13)12-22-19(26)15-8-10-25(11-9-15)20-23-18(24-28-20)14-3-5-16(21)6-4-14/h2-7,15H,8-12H2,1H3,(H,22,26). The molecule has 3 aromatic rings. The molecule has 0 atom stereocenters. The number of benzene rings is 1. The molecule has 8 heteroatoms. The first kappa shape index (κ1) is 18.6. The fourth-order valence-electron chi connectivity index (χ4n) is 3.29. The quantitative estimate of drug-likeness (QED) is 0.700. The number of anilines is 1. The highest BCUT2D eigenvalue weighted by atomic mass is 35.5. The van der Waals surface area contributed by atoms with Crippen molar-refractivity contribution in [2.75, 3.05) is 18.0 Å². The third-order valence-electron chi connectivity index (χ3n) is 4.89. The summed E-state index contributed by atoms with van der Waals surface area (Å²) in [6.45, 7) is 3.69. The number of aryl methyl sites for hydroxylation is 1. The molecule has 1 aromatic carbocycles. The van der Waals surface area contributed by atoms with Crippen LogP contribution >= 0.6 is 11.6 Å². The van der Waals surface area contributed by atoms with Crippen LogP contribution in [0.15, 0.2) is 45.3 Å². The van der Waals surface area contributed by atoms with Crippen LogP contribution in [0.1, 0.15) is 24.4 Å². The van der Waals surface area contributed by atoms with Crippen molar-refractivity contribution in [1.82, 2.24) is 15.5 Å².